The van der Waals surface area contributed by atoms with E-state index in [2.05, 4.69) is 15.6 Å². The Morgan fingerprint density at radius 1 is 1.39 bits per heavy atom. The Morgan fingerprint density at radius 3 is 2.78 bits per heavy atom. The molecule has 1 aliphatic heterocycles. The lowest BCUT2D eigenvalue weighted by Crippen LogP contribution is -2.37. The molecule has 2 aromatic rings. The molecule has 0 aliphatic carbocycles. The Labute approximate surface area is 144 Å². The second-order valence-corrected chi connectivity index (χ2v) is 6.67. The van der Waals surface area contributed by atoms with E-state index in [0.717, 1.165) is 42.1 Å². The van der Waals surface area contributed by atoms with E-state index in [-0.39, 0.29) is 30.0 Å². The third-order valence-electron chi connectivity index (χ3n) is 3.81. The van der Waals surface area contributed by atoms with Crippen LogP contribution in [-0.4, -0.2) is 24.0 Å². The molecular weight excluding hydrogens is 337 g/mol. The van der Waals surface area contributed by atoms with Gasteiger partial charge in [0.05, 0.1) is 11.6 Å². The number of aromatic nitrogens is 1. The molecule has 3 rings (SSSR count). The highest BCUT2D eigenvalue weighted by Gasteiger charge is 2.22. The van der Waals surface area contributed by atoms with E-state index in [1.54, 1.807) is 12.1 Å². The monoisotopic (exact) mass is 355 g/mol. The van der Waals surface area contributed by atoms with E-state index in [0.29, 0.717) is 5.13 Å². The molecule has 1 aromatic carbocycles. The molecule has 0 bridgehead atoms. The molecule has 124 valence electrons. The van der Waals surface area contributed by atoms with E-state index < -0.39 is 0 Å². The average Bonchev–Trinajstić information content (AvgIpc) is 2.89. The van der Waals surface area contributed by atoms with E-state index >= 15 is 0 Å². The topological polar surface area (TPSA) is 54.0 Å². The number of piperidine rings is 1. The third-order valence-corrected chi connectivity index (χ3v) is 4.70. The van der Waals surface area contributed by atoms with Crippen molar-refractivity contribution in [2.45, 2.75) is 19.8 Å². The summed E-state index contributed by atoms with van der Waals surface area (Å²) in [5, 5.41) is 6.75. The molecule has 4 nitrogen and oxygen atoms in total. The summed E-state index contributed by atoms with van der Waals surface area (Å²) in [5.74, 6) is -0.242. The van der Waals surface area contributed by atoms with Crippen LogP contribution < -0.4 is 10.6 Å². The van der Waals surface area contributed by atoms with Crippen LogP contribution in [0.2, 0.25) is 0 Å². The summed E-state index contributed by atoms with van der Waals surface area (Å²) in [6, 6.07) is 6.24. The maximum Gasteiger partial charge on any atom is 0.230 e. The molecule has 7 heteroatoms. The number of nitrogens with one attached hydrogen (secondary N) is 2. The van der Waals surface area contributed by atoms with E-state index in [1.807, 2.05) is 6.92 Å². The molecule has 0 spiro atoms. The summed E-state index contributed by atoms with van der Waals surface area (Å²) in [6.07, 6.45) is 1.93. The molecule has 1 amide bonds. The van der Waals surface area contributed by atoms with Gasteiger partial charge >= 0.3 is 0 Å². The van der Waals surface area contributed by atoms with Gasteiger partial charge in [-0.25, -0.2) is 9.37 Å². The van der Waals surface area contributed by atoms with Crippen molar-refractivity contribution in [1.29, 1.82) is 0 Å². The van der Waals surface area contributed by atoms with E-state index in [9.17, 15) is 9.18 Å². The van der Waals surface area contributed by atoms with Gasteiger partial charge in [-0.2, -0.15) is 0 Å². The predicted molar refractivity (Wildman–Crippen MR) is 93.7 cm³/mol. The summed E-state index contributed by atoms with van der Waals surface area (Å²) in [6.45, 7) is 3.66. The van der Waals surface area contributed by atoms with Crippen LogP contribution in [0.3, 0.4) is 0 Å². The lowest BCUT2D eigenvalue weighted by Gasteiger charge is -2.21. The molecule has 0 radical (unpaired) electrons. The maximum atomic E-state index is 13.0. The molecule has 2 N–H and O–H groups in total. The molecule has 1 aromatic heterocycles. The number of aryl methyl sites for hydroxylation is 1. The first-order valence-electron chi connectivity index (χ1n) is 7.38. The number of benzene rings is 1. The van der Waals surface area contributed by atoms with Gasteiger partial charge in [-0.05, 0) is 50.6 Å². The number of hydrogen-bond acceptors (Lipinski definition) is 4. The molecule has 1 saturated heterocycles. The van der Waals surface area contributed by atoms with Gasteiger partial charge in [-0.15, -0.1) is 23.7 Å². The zero-order chi connectivity index (χ0) is 15.5. The molecule has 1 aliphatic rings. The van der Waals surface area contributed by atoms with Crippen LogP contribution in [0, 0.1) is 18.7 Å². The van der Waals surface area contributed by atoms with Crippen molar-refractivity contribution in [3.05, 3.63) is 35.0 Å². The number of rotatable bonds is 3. The number of amides is 1. The lowest BCUT2D eigenvalue weighted by atomic mass is 9.99. The van der Waals surface area contributed by atoms with Gasteiger partial charge in [0.2, 0.25) is 5.91 Å². The molecular formula is C16H19ClFN3OS. The first-order chi connectivity index (χ1) is 10.6. The predicted octanol–water partition coefficient (Wildman–Crippen LogP) is 3.62. The molecule has 0 saturated carbocycles. The van der Waals surface area contributed by atoms with Crippen LogP contribution in [0.4, 0.5) is 9.52 Å². The smallest absolute Gasteiger partial charge is 0.230 e. The quantitative estimate of drug-likeness (QED) is 0.884. The van der Waals surface area contributed by atoms with Gasteiger partial charge in [-0.3, -0.25) is 4.79 Å². The van der Waals surface area contributed by atoms with Crippen molar-refractivity contribution in [2.75, 3.05) is 18.4 Å². The number of halogens is 2. The zero-order valence-corrected chi connectivity index (χ0v) is 14.4. The fourth-order valence-corrected chi connectivity index (χ4v) is 3.45. The summed E-state index contributed by atoms with van der Waals surface area (Å²) in [7, 11) is 0. The minimum Gasteiger partial charge on any atom is -0.316 e. The van der Waals surface area contributed by atoms with Crippen LogP contribution in [-0.2, 0) is 4.79 Å². The van der Waals surface area contributed by atoms with Gasteiger partial charge in [0.15, 0.2) is 5.13 Å². The van der Waals surface area contributed by atoms with Crippen molar-refractivity contribution in [3.8, 4) is 11.3 Å². The van der Waals surface area contributed by atoms with Crippen molar-refractivity contribution in [2.24, 2.45) is 5.92 Å². The maximum absolute atomic E-state index is 13.0. The highest BCUT2D eigenvalue weighted by atomic mass is 35.5. The standard InChI is InChI=1S/C16H18FN3OS.ClH/c1-10-14(11-4-6-13(17)7-5-11)19-16(22-10)20-15(21)12-3-2-8-18-9-12;/h4-7,12,18H,2-3,8-9H2,1H3,(H,19,20,21);1H. The van der Waals surface area contributed by atoms with Crippen molar-refractivity contribution >= 4 is 34.8 Å². The highest BCUT2D eigenvalue weighted by Crippen LogP contribution is 2.30. The van der Waals surface area contributed by atoms with Crippen LogP contribution in [0.5, 0.6) is 0 Å². The first-order valence-corrected chi connectivity index (χ1v) is 8.20. The van der Waals surface area contributed by atoms with Gasteiger partial charge in [0, 0.05) is 17.0 Å². The van der Waals surface area contributed by atoms with Crippen LogP contribution >= 0.6 is 23.7 Å². The Morgan fingerprint density at radius 2 is 2.13 bits per heavy atom. The van der Waals surface area contributed by atoms with Crippen molar-refractivity contribution in [3.63, 3.8) is 0 Å². The molecule has 1 fully saturated rings. The molecule has 1 unspecified atom stereocenters. The highest BCUT2D eigenvalue weighted by molar-refractivity contribution is 7.16. The number of anilines is 1. The SMILES string of the molecule is Cc1sc(NC(=O)C2CCCNC2)nc1-c1ccc(F)cc1.Cl. The van der Waals surface area contributed by atoms with E-state index in [1.165, 1.54) is 23.5 Å². The number of carbonyl (C=O) groups excluding carboxylic acids is 1. The van der Waals surface area contributed by atoms with Gasteiger partial charge in [0.1, 0.15) is 5.82 Å². The fourth-order valence-electron chi connectivity index (χ4n) is 2.61. The summed E-state index contributed by atoms with van der Waals surface area (Å²) >= 11 is 1.45. The number of thiazole rings is 1. The minimum absolute atomic E-state index is 0. The summed E-state index contributed by atoms with van der Waals surface area (Å²) < 4.78 is 13.0. The number of carbonyl (C=O) groups is 1. The summed E-state index contributed by atoms with van der Waals surface area (Å²) in [4.78, 5) is 17.7. The zero-order valence-electron chi connectivity index (χ0n) is 12.8. The lowest BCUT2D eigenvalue weighted by molar-refractivity contribution is -0.120. The summed E-state index contributed by atoms with van der Waals surface area (Å²) in [5.41, 5.74) is 1.65. The van der Waals surface area contributed by atoms with Crippen LogP contribution in [0.25, 0.3) is 11.3 Å². The largest absolute Gasteiger partial charge is 0.316 e. The Balaban J connectivity index is 0.00000192. The second-order valence-electron chi connectivity index (χ2n) is 5.46. The third kappa shape index (κ3) is 4.28. The molecule has 1 atom stereocenters. The van der Waals surface area contributed by atoms with Crippen molar-refractivity contribution < 1.29 is 9.18 Å². The molecule has 2 heterocycles. The van der Waals surface area contributed by atoms with Gasteiger partial charge in [0.25, 0.3) is 0 Å². The average molecular weight is 356 g/mol. The number of nitrogens with zero attached hydrogens (tertiary/aromatic N) is 1. The van der Waals surface area contributed by atoms with E-state index in [4.69, 9.17) is 0 Å². The van der Waals surface area contributed by atoms with Crippen LogP contribution in [0.1, 0.15) is 17.7 Å². The Kier molecular flexibility index (Phi) is 6.10. The Hall–Kier alpha value is -1.50. The fraction of sp³-hybridized carbons (Fsp3) is 0.375. The second kappa shape index (κ2) is 7.86. The van der Waals surface area contributed by atoms with Gasteiger partial charge < -0.3 is 10.6 Å². The number of hydrogen-bond donors (Lipinski definition) is 2. The van der Waals surface area contributed by atoms with Crippen molar-refractivity contribution in [1.82, 2.24) is 10.3 Å². The normalized spacial score (nSPS) is 17.4. The first kappa shape index (κ1) is 17.8. The van der Waals surface area contributed by atoms with Gasteiger partial charge in [-0.1, -0.05) is 0 Å². The Bertz CT molecular complexity index is 668. The van der Waals surface area contributed by atoms with Crippen LogP contribution in [0.15, 0.2) is 24.3 Å². The molecule has 23 heavy (non-hydrogen) atoms. The minimum atomic E-state index is -0.269.